The highest BCUT2D eigenvalue weighted by atomic mass is 35.5. The highest BCUT2D eigenvalue weighted by Gasteiger charge is 2.28. The number of amides is 1. The van der Waals surface area contributed by atoms with E-state index in [0.29, 0.717) is 13.0 Å². The predicted octanol–water partition coefficient (Wildman–Crippen LogP) is 1.61. The van der Waals surface area contributed by atoms with Crippen LogP contribution in [0.1, 0.15) is 12.0 Å². The number of hydrogen-bond acceptors (Lipinski definition) is 3. The van der Waals surface area contributed by atoms with Gasteiger partial charge in [0, 0.05) is 36.3 Å². The van der Waals surface area contributed by atoms with E-state index in [1.165, 1.54) is 0 Å². The fraction of sp³-hybridized carbons (Fsp3) is 0.500. The van der Waals surface area contributed by atoms with E-state index in [1.807, 2.05) is 23.1 Å². The third-order valence-electron chi connectivity index (χ3n) is 3.69. The Morgan fingerprint density at radius 2 is 2.42 bits per heavy atom. The molecular formula is C14H17ClN2O2. The summed E-state index contributed by atoms with van der Waals surface area (Å²) in [7, 11) is 0. The Balaban J connectivity index is 1.71. The van der Waals surface area contributed by atoms with Gasteiger partial charge in [-0.3, -0.25) is 4.79 Å². The minimum atomic E-state index is 0.129. The van der Waals surface area contributed by atoms with Gasteiger partial charge in [-0.05, 0) is 24.1 Å². The van der Waals surface area contributed by atoms with Crippen molar-refractivity contribution in [3.63, 3.8) is 0 Å². The van der Waals surface area contributed by atoms with Crippen molar-refractivity contribution >= 4 is 23.2 Å². The van der Waals surface area contributed by atoms with Crippen molar-refractivity contribution in [3.8, 4) is 0 Å². The van der Waals surface area contributed by atoms with Crippen molar-refractivity contribution in [1.82, 2.24) is 5.32 Å². The lowest BCUT2D eigenvalue weighted by Crippen LogP contribution is -2.45. The normalized spacial score (nSPS) is 22.4. The number of nitrogens with zero attached hydrogens (tertiary/aromatic N) is 1. The van der Waals surface area contributed by atoms with Gasteiger partial charge in [0.25, 0.3) is 0 Å². The Bertz CT molecular complexity index is 486. The molecule has 1 aromatic rings. The number of anilines is 1. The number of nitrogens with one attached hydrogen (secondary N) is 1. The lowest BCUT2D eigenvalue weighted by Gasteiger charge is -2.25. The van der Waals surface area contributed by atoms with E-state index < -0.39 is 0 Å². The lowest BCUT2D eigenvalue weighted by atomic mass is 10.1. The summed E-state index contributed by atoms with van der Waals surface area (Å²) in [6.07, 6.45) is 1.32. The molecule has 0 bridgehead atoms. The summed E-state index contributed by atoms with van der Waals surface area (Å²) < 4.78 is 5.38. The Labute approximate surface area is 117 Å². The van der Waals surface area contributed by atoms with Gasteiger partial charge in [-0.1, -0.05) is 17.7 Å². The van der Waals surface area contributed by atoms with Crippen molar-refractivity contribution in [2.24, 2.45) is 0 Å². The standard InChI is InChI=1S/C14H17ClN2O2/c15-12-2-1-3-13-11(12)4-6-17(13)14(18)8-10-9-19-7-5-16-10/h1-3,10,16H,4-9H2. The molecular weight excluding hydrogens is 264 g/mol. The van der Waals surface area contributed by atoms with Gasteiger partial charge in [0.2, 0.25) is 5.91 Å². The van der Waals surface area contributed by atoms with Crippen LogP contribution < -0.4 is 10.2 Å². The van der Waals surface area contributed by atoms with Crippen molar-refractivity contribution in [2.45, 2.75) is 18.9 Å². The molecule has 1 N–H and O–H groups in total. The van der Waals surface area contributed by atoms with Gasteiger partial charge in [0.05, 0.1) is 13.2 Å². The molecule has 1 aromatic carbocycles. The van der Waals surface area contributed by atoms with Crippen LogP contribution in [-0.2, 0) is 16.0 Å². The number of ether oxygens (including phenoxy) is 1. The number of hydrogen-bond donors (Lipinski definition) is 1. The second-order valence-corrected chi connectivity index (χ2v) is 5.37. The van der Waals surface area contributed by atoms with E-state index in [0.717, 1.165) is 42.4 Å². The number of fused-ring (bicyclic) bond motifs is 1. The molecule has 0 saturated carbocycles. The maximum atomic E-state index is 12.4. The minimum Gasteiger partial charge on any atom is -0.378 e. The smallest absolute Gasteiger partial charge is 0.228 e. The molecule has 2 aliphatic heterocycles. The molecule has 1 unspecified atom stereocenters. The zero-order valence-electron chi connectivity index (χ0n) is 10.7. The zero-order chi connectivity index (χ0) is 13.2. The molecule has 1 saturated heterocycles. The maximum absolute atomic E-state index is 12.4. The van der Waals surface area contributed by atoms with Gasteiger partial charge in [-0.15, -0.1) is 0 Å². The summed E-state index contributed by atoms with van der Waals surface area (Å²) in [6, 6.07) is 5.88. The number of carbonyl (C=O) groups is 1. The van der Waals surface area contributed by atoms with E-state index in [9.17, 15) is 4.79 Å². The van der Waals surface area contributed by atoms with Gasteiger partial charge in [-0.2, -0.15) is 0 Å². The van der Waals surface area contributed by atoms with Crippen LogP contribution in [0.2, 0.25) is 5.02 Å². The van der Waals surface area contributed by atoms with Crippen molar-refractivity contribution in [1.29, 1.82) is 0 Å². The van der Waals surface area contributed by atoms with Crippen LogP contribution in [0.25, 0.3) is 0 Å². The Kier molecular flexibility index (Phi) is 3.73. The average molecular weight is 281 g/mol. The minimum absolute atomic E-state index is 0.129. The molecule has 2 heterocycles. The Hall–Kier alpha value is -1.10. The summed E-state index contributed by atoms with van der Waals surface area (Å²) in [5, 5.41) is 4.07. The van der Waals surface area contributed by atoms with Crippen molar-refractivity contribution < 1.29 is 9.53 Å². The van der Waals surface area contributed by atoms with Crippen LogP contribution in [0.15, 0.2) is 18.2 Å². The third-order valence-corrected chi connectivity index (χ3v) is 4.04. The van der Waals surface area contributed by atoms with E-state index in [4.69, 9.17) is 16.3 Å². The fourth-order valence-corrected chi connectivity index (χ4v) is 2.99. The average Bonchev–Trinajstić information content (AvgIpc) is 2.85. The molecule has 19 heavy (non-hydrogen) atoms. The second kappa shape index (κ2) is 5.49. The third kappa shape index (κ3) is 2.61. The van der Waals surface area contributed by atoms with Crippen LogP contribution in [0.5, 0.6) is 0 Å². The topological polar surface area (TPSA) is 41.6 Å². The monoisotopic (exact) mass is 280 g/mol. The molecule has 3 rings (SSSR count). The van der Waals surface area contributed by atoms with Crippen LogP contribution in [-0.4, -0.2) is 38.3 Å². The first-order valence-electron chi connectivity index (χ1n) is 6.64. The highest BCUT2D eigenvalue weighted by Crippen LogP contribution is 2.33. The molecule has 4 nitrogen and oxygen atoms in total. The SMILES string of the molecule is O=C(CC1COCCN1)N1CCc2c(Cl)cccc21. The number of morpholine rings is 1. The molecule has 2 aliphatic rings. The zero-order valence-corrected chi connectivity index (χ0v) is 11.4. The fourth-order valence-electron chi connectivity index (χ4n) is 2.72. The van der Waals surface area contributed by atoms with Crippen LogP contribution >= 0.6 is 11.6 Å². The molecule has 1 amide bonds. The number of benzene rings is 1. The molecule has 1 fully saturated rings. The summed E-state index contributed by atoms with van der Waals surface area (Å²) in [4.78, 5) is 14.2. The summed E-state index contributed by atoms with van der Waals surface area (Å²) in [5.41, 5.74) is 2.06. The van der Waals surface area contributed by atoms with E-state index >= 15 is 0 Å². The molecule has 0 aromatic heterocycles. The van der Waals surface area contributed by atoms with Crippen molar-refractivity contribution in [3.05, 3.63) is 28.8 Å². The predicted molar refractivity (Wildman–Crippen MR) is 74.7 cm³/mol. The maximum Gasteiger partial charge on any atom is 0.228 e. The first kappa shape index (κ1) is 12.9. The molecule has 1 atom stereocenters. The van der Waals surface area contributed by atoms with Gasteiger partial charge in [0.15, 0.2) is 0 Å². The van der Waals surface area contributed by atoms with Crippen LogP contribution in [0.3, 0.4) is 0 Å². The molecule has 0 spiro atoms. The van der Waals surface area contributed by atoms with E-state index in [2.05, 4.69) is 5.32 Å². The van der Waals surface area contributed by atoms with E-state index in [-0.39, 0.29) is 11.9 Å². The number of rotatable bonds is 2. The van der Waals surface area contributed by atoms with Gasteiger partial charge in [0.1, 0.15) is 0 Å². The van der Waals surface area contributed by atoms with Crippen LogP contribution in [0.4, 0.5) is 5.69 Å². The van der Waals surface area contributed by atoms with Gasteiger partial charge >= 0.3 is 0 Å². The van der Waals surface area contributed by atoms with Crippen LogP contribution in [0, 0.1) is 0 Å². The molecule has 102 valence electrons. The second-order valence-electron chi connectivity index (χ2n) is 4.96. The molecule has 5 heteroatoms. The molecule has 0 aliphatic carbocycles. The highest BCUT2D eigenvalue weighted by molar-refractivity contribution is 6.32. The summed E-state index contributed by atoms with van der Waals surface area (Å²) in [6.45, 7) is 2.89. The first-order valence-corrected chi connectivity index (χ1v) is 7.02. The number of carbonyl (C=O) groups excluding carboxylic acids is 1. The lowest BCUT2D eigenvalue weighted by molar-refractivity contribution is -0.119. The number of halogens is 1. The Morgan fingerprint density at radius 1 is 1.53 bits per heavy atom. The van der Waals surface area contributed by atoms with E-state index in [1.54, 1.807) is 0 Å². The van der Waals surface area contributed by atoms with Gasteiger partial charge < -0.3 is 15.0 Å². The summed E-state index contributed by atoms with van der Waals surface area (Å²) in [5.74, 6) is 0.143. The first-order chi connectivity index (χ1) is 9.25. The van der Waals surface area contributed by atoms with Gasteiger partial charge in [-0.25, -0.2) is 0 Å². The summed E-state index contributed by atoms with van der Waals surface area (Å²) >= 11 is 6.16. The largest absolute Gasteiger partial charge is 0.378 e. The Morgan fingerprint density at radius 3 is 3.21 bits per heavy atom. The molecule has 0 radical (unpaired) electrons. The van der Waals surface area contributed by atoms with Crippen molar-refractivity contribution in [2.75, 3.05) is 31.2 Å². The quantitative estimate of drug-likeness (QED) is 0.895.